The number of benzene rings is 2. The molecule has 1 aliphatic heterocycles. The van der Waals surface area contributed by atoms with Gasteiger partial charge in [-0.15, -0.1) is 11.8 Å². The van der Waals surface area contributed by atoms with E-state index in [-0.39, 0.29) is 5.78 Å². The van der Waals surface area contributed by atoms with E-state index in [1.807, 2.05) is 30.0 Å². The summed E-state index contributed by atoms with van der Waals surface area (Å²) in [6.07, 6.45) is 2.48. The van der Waals surface area contributed by atoms with Gasteiger partial charge >= 0.3 is 0 Å². The van der Waals surface area contributed by atoms with Gasteiger partial charge in [0.25, 0.3) is 0 Å². The summed E-state index contributed by atoms with van der Waals surface area (Å²) < 4.78 is 11.4. The highest BCUT2D eigenvalue weighted by molar-refractivity contribution is 7.99. The van der Waals surface area contributed by atoms with Gasteiger partial charge in [-0.3, -0.25) is 4.79 Å². The van der Waals surface area contributed by atoms with E-state index in [0.29, 0.717) is 36.7 Å². The number of hydrogen-bond donors (Lipinski definition) is 0. The number of thioether (sulfide) groups is 1. The fourth-order valence-corrected chi connectivity index (χ4v) is 3.53. The lowest BCUT2D eigenvalue weighted by molar-refractivity contribution is 0.0928. The number of Topliss-reactive ketones (excluding diaryl/α,β-unsaturated/α-hetero) is 1. The van der Waals surface area contributed by atoms with E-state index >= 15 is 0 Å². The Hall–Kier alpha value is -1.94. The molecule has 1 aliphatic rings. The normalized spacial score (nSPS) is 13.3. The summed E-state index contributed by atoms with van der Waals surface area (Å²) in [5.74, 6) is 2.49. The number of fused-ring (bicyclic) bond motifs is 1. The standard InChI is InChI=1S/C20H22O3S/c1-15-7-9-16(10-8-15)24-14-3-2-12-22-18-5-4-6-19-20(18)17(21)11-13-23-19/h4-10H,2-3,11-14H2,1H3. The van der Waals surface area contributed by atoms with Gasteiger partial charge in [-0.05, 0) is 49.8 Å². The van der Waals surface area contributed by atoms with Crippen LogP contribution in [0.15, 0.2) is 47.4 Å². The lowest BCUT2D eigenvalue weighted by Crippen LogP contribution is -2.16. The smallest absolute Gasteiger partial charge is 0.173 e. The third-order valence-corrected chi connectivity index (χ3v) is 5.04. The predicted octanol–water partition coefficient (Wildman–Crippen LogP) is 4.91. The number of ether oxygens (including phenoxy) is 2. The van der Waals surface area contributed by atoms with Crippen LogP contribution < -0.4 is 9.47 Å². The minimum absolute atomic E-state index is 0.113. The molecule has 0 N–H and O–H groups in total. The topological polar surface area (TPSA) is 35.5 Å². The molecule has 1 heterocycles. The third-order valence-electron chi connectivity index (χ3n) is 3.94. The number of rotatable bonds is 7. The molecule has 0 amide bonds. The van der Waals surface area contributed by atoms with Crippen LogP contribution in [0, 0.1) is 6.92 Å². The van der Waals surface area contributed by atoms with E-state index < -0.39 is 0 Å². The Morgan fingerprint density at radius 3 is 2.79 bits per heavy atom. The van der Waals surface area contributed by atoms with Crippen molar-refractivity contribution in [3.8, 4) is 11.5 Å². The van der Waals surface area contributed by atoms with Crippen LogP contribution in [0.25, 0.3) is 0 Å². The monoisotopic (exact) mass is 342 g/mol. The van der Waals surface area contributed by atoms with E-state index in [2.05, 4.69) is 31.2 Å². The fraction of sp³-hybridized carbons (Fsp3) is 0.350. The summed E-state index contributed by atoms with van der Waals surface area (Å²) in [6, 6.07) is 14.2. The summed E-state index contributed by atoms with van der Waals surface area (Å²) in [7, 11) is 0. The zero-order valence-electron chi connectivity index (χ0n) is 13.9. The van der Waals surface area contributed by atoms with Crippen LogP contribution >= 0.6 is 11.8 Å². The highest BCUT2D eigenvalue weighted by Gasteiger charge is 2.22. The van der Waals surface area contributed by atoms with Crippen LogP contribution in [0.1, 0.15) is 35.2 Å². The van der Waals surface area contributed by atoms with E-state index in [0.717, 1.165) is 18.6 Å². The lowest BCUT2D eigenvalue weighted by atomic mass is 10.0. The quantitative estimate of drug-likeness (QED) is 0.529. The highest BCUT2D eigenvalue weighted by Crippen LogP contribution is 2.32. The summed E-state index contributed by atoms with van der Waals surface area (Å²) >= 11 is 1.87. The molecule has 0 bridgehead atoms. The second kappa shape index (κ2) is 8.25. The summed E-state index contributed by atoms with van der Waals surface area (Å²) in [5.41, 5.74) is 1.90. The first-order chi connectivity index (χ1) is 11.7. The molecule has 0 radical (unpaired) electrons. The van der Waals surface area contributed by atoms with Gasteiger partial charge < -0.3 is 9.47 Å². The van der Waals surface area contributed by atoms with E-state index in [1.54, 1.807) is 0 Å². The molecule has 126 valence electrons. The van der Waals surface area contributed by atoms with Gasteiger partial charge in [0, 0.05) is 11.3 Å². The molecule has 4 heteroatoms. The van der Waals surface area contributed by atoms with Gasteiger partial charge in [0.1, 0.15) is 17.1 Å². The number of ketones is 1. The molecule has 0 aliphatic carbocycles. The Kier molecular flexibility index (Phi) is 5.81. The molecule has 3 rings (SSSR count). The average molecular weight is 342 g/mol. The molecule has 0 fully saturated rings. The maximum atomic E-state index is 12.1. The Labute approximate surface area is 147 Å². The molecule has 0 spiro atoms. The van der Waals surface area contributed by atoms with Crippen molar-refractivity contribution < 1.29 is 14.3 Å². The van der Waals surface area contributed by atoms with Crippen molar-refractivity contribution in [3.63, 3.8) is 0 Å². The van der Waals surface area contributed by atoms with Crippen molar-refractivity contribution in [1.82, 2.24) is 0 Å². The minimum Gasteiger partial charge on any atom is -0.493 e. The molecular formula is C20H22O3S. The van der Waals surface area contributed by atoms with Gasteiger partial charge in [0.05, 0.1) is 13.2 Å². The molecule has 0 saturated carbocycles. The van der Waals surface area contributed by atoms with Gasteiger partial charge in [-0.2, -0.15) is 0 Å². The largest absolute Gasteiger partial charge is 0.493 e. The first-order valence-corrected chi connectivity index (χ1v) is 9.34. The number of carbonyl (C=O) groups excluding carboxylic acids is 1. The molecule has 2 aromatic rings. The van der Waals surface area contributed by atoms with Gasteiger partial charge in [0.2, 0.25) is 0 Å². The Balaban J connectivity index is 1.42. The predicted molar refractivity (Wildman–Crippen MR) is 97.5 cm³/mol. The number of aryl methyl sites for hydroxylation is 1. The number of hydrogen-bond acceptors (Lipinski definition) is 4. The van der Waals surface area contributed by atoms with Crippen molar-refractivity contribution in [2.24, 2.45) is 0 Å². The average Bonchev–Trinajstić information content (AvgIpc) is 2.60. The molecular weight excluding hydrogens is 320 g/mol. The summed E-state index contributed by atoms with van der Waals surface area (Å²) in [6.45, 7) is 3.19. The molecule has 0 aromatic heterocycles. The third kappa shape index (κ3) is 4.32. The SMILES string of the molecule is Cc1ccc(SCCCCOc2cccc3c2C(=O)CCO3)cc1. The molecule has 0 atom stereocenters. The first kappa shape index (κ1) is 16.9. The zero-order chi connectivity index (χ0) is 16.8. The van der Waals surface area contributed by atoms with Crippen LogP contribution in [-0.4, -0.2) is 24.7 Å². The van der Waals surface area contributed by atoms with Crippen molar-refractivity contribution in [3.05, 3.63) is 53.6 Å². The van der Waals surface area contributed by atoms with E-state index in [1.165, 1.54) is 10.5 Å². The minimum atomic E-state index is 0.113. The Morgan fingerprint density at radius 1 is 1.12 bits per heavy atom. The fourth-order valence-electron chi connectivity index (χ4n) is 2.62. The van der Waals surface area contributed by atoms with Crippen LogP contribution in [0.2, 0.25) is 0 Å². The highest BCUT2D eigenvalue weighted by atomic mass is 32.2. The maximum absolute atomic E-state index is 12.1. The van der Waals surface area contributed by atoms with Crippen LogP contribution in [0.4, 0.5) is 0 Å². The molecule has 0 unspecified atom stereocenters. The molecule has 24 heavy (non-hydrogen) atoms. The second-order valence-electron chi connectivity index (χ2n) is 5.87. The van der Waals surface area contributed by atoms with Gasteiger partial charge in [-0.25, -0.2) is 0 Å². The number of carbonyl (C=O) groups is 1. The molecule has 0 saturated heterocycles. The van der Waals surface area contributed by atoms with Crippen LogP contribution in [-0.2, 0) is 0 Å². The lowest BCUT2D eigenvalue weighted by Gasteiger charge is -2.19. The van der Waals surface area contributed by atoms with Crippen LogP contribution in [0.3, 0.4) is 0 Å². The summed E-state index contributed by atoms with van der Waals surface area (Å²) in [5, 5.41) is 0. The van der Waals surface area contributed by atoms with E-state index in [9.17, 15) is 4.79 Å². The Bertz CT molecular complexity index is 695. The van der Waals surface area contributed by atoms with Crippen molar-refractivity contribution in [2.75, 3.05) is 19.0 Å². The van der Waals surface area contributed by atoms with Crippen LogP contribution in [0.5, 0.6) is 11.5 Å². The number of unbranched alkanes of at least 4 members (excludes halogenated alkanes) is 1. The van der Waals surface area contributed by atoms with Gasteiger partial charge in [-0.1, -0.05) is 23.8 Å². The zero-order valence-corrected chi connectivity index (χ0v) is 14.7. The maximum Gasteiger partial charge on any atom is 0.173 e. The van der Waals surface area contributed by atoms with Crippen molar-refractivity contribution in [2.45, 2.75) is 31.1 Å². The summed E-state index contributed by atoms with van der Waals surface area (Å²) in [4.78, 5) is 13.4. The Morgan fingerprint density at radius 2 is 1.96 bits per heavy atom. The molecule has 2 aromatic carbocycles. The van der Waals surface area contributed by atoms with E-state index in [4.69, 9.17) is 9.47 Å². The second-order valence-corrected chi connectivity index (χ2v) is 7.04. The van der Waals surface area contributed by atoms with Crippen molar-refractivity contribution >= 4 is 17.5 Å². The van der Waals surface area contributed by atoms with Gasteiger partial charge in [0.15, 0.2) is 5.78 Å². The molecule has 3 nitrogen and oxygen atoms in total. The first-order valence-electron chi connectivity index (χ1n) is 8.35. The van der Waals surface area contributed by atoms with Crippen molar-refractivity contribution in [1.29, 1.82) is 0 Å².